The summed E-state index contributed by atoms with van der Waals surface area (Å²) in [6, 6.07) is 13.0. The number of urea groups is 1. The number of nitrogens with one attached hydrogen (secondary N) is 1. The number of aliphatic imine (C=N–C) groups is 1. The Labute approximate surface area is 163 Å². The summed E-state index contributed by atoms with van der Waals surface area (Å²) >= 11 is 2.11. The number of methoxy groups -OCH3 is 1. The van der Waals surface area contributed by atoms with Crippen molar-refractivity contribution >= 4 is 58.0 Å². The zero-order chi connectivity index (χ0) is 18.7. The van der Waals surface area contributed by atoms with Crippen LogP contribution >= 0.6 is 22.6 Å². The molecule has 1 heterocycles. The van der Waals surface area contributed by atoms with Gasteiger partial charge in [0.1, 0.15) is 5.75 Å². The van der Waals surface area contributed by atoms with Crippen LogP contribution in [0.4, 0.5) is 16.2 Å². The van der Waals surface area contributed by atoms with Gasteiger partial charge in [0.2, 0.25) is 5.91 Å². The number of barbiturate groups is 1. The standard InChI is InChI=1S/C18H14IN3O4/c1-26-12-6-4-5-11(9-12)22-17(24)13(16(23)21-18(22)25)10-20-15-8-3-2-7-14(15)19/h2-10,13H,1H3,(H,21,23,25)/t13-/m1/s1. The van der Waals surface area contributed by atoms with E-state index in [9.17, 15) is 14.4 Å². The summed E-state index contributed by atoms with van der Waals surface area (Å²) in [6.07, 6.45) is 1.26. The molecule has 26 heavy (non-hydrogen) atoms. The number of halogens is 1. The molecule has 1 aliphatic heterocycles. The van der Waals surface area contributed by atoms with Gasteiger partial charge in [-0.05, 0) is 46.9 Å². The van der Waals surface area contributed by atoms with E-state index in [0.29, 0.717) is 17.1 Å². The number of carbonyl (C=O) groups is 3. The highest BCUT2D eigenvalue weighted by atomic mass is 127. The number of imide groups is 2. The van der Waals surface area contributed by atoms with E-state index in [0.717, 1.165) is 8.47 Å². The third-order valence-corrected chi connectivity index (χ3v) is 4.64. The fourth-order valence-electron chi connectivity index (χ4n) is 2.43. The first kappa shape index (κ1) is 18.1. The maximum absolute atomic E-state index is 12.8. The van der Waals surface area contributed by atoms with Crippen LogP contribution in [0.25, 0.3) is 0 Å². The first-order valence-electron chi connectivity index (χ1n) is 7.63. The summed E-state index contributed by atoms with van der Waals surface area (Å²) in [5.74, 6) is -2.07. The van der Waals surface area contributed by atoms with Crippen molar-refractivity contribution in [1.29, 1.82) is 0 Å². The molecule has 1 aliphatic rings. The molecule has 1 saturated heterocycles. The van der Waals surface area contributed by atoms with Gasteiger partial charge in [0.15, 0.2) is 5.92 Å². The van der Waals surface area contributed by atoms with E-state index in [1.165, 1.54) is 13.3 Å². The molecule has 0 unspecified atom stereocenters. The maximum atomic E-state index is 12.8. The van der Waals surface area contributed by atoms with Gasteiger partial charge in [-0.1, -0.05) is 18.2 Å². The van der Waals surface area contributed by atoms with E-state index in [1.54, 1.807) is 30.3 Å². The molecular formula is C18H14IN3O4. The topological polar surface area (TPSA) is 88.1 Å². The van der Waals surface area contributed by atoms with Crippen LogP contribution in [0.15, 0.2) is 53.5 Å². The highest BCUT2D eigenvalue weighted by molar-refractivity contribution is 14.1. The maximum Gasteiger partial charge on any atom is 0.335 e. The summed E-state index contributed by atoms with van der Waals surface area (Å²) < 4.78 is 6.00. The van der Waals surface area contributed by atoms with Crippen molar-refractivity contribution in [2.45, 2.75) is 0 Å². The number of nitrogens with zero attached hydrogens (tertiary/aromatic N) is 2. The van der Waals surface area contributed by atoms with Crippen molar-refractivity contribution in [2.24, 2.45) is 10.9 Å². The molecule has 0 radical (unpaired) electrons. The lowest BCUT2D eigenvalue weighted by Crippen LogP contribution is -2.58. The summed E-state index contributed by atoms with van der Waals surface area (Å²) in [5, 5.41) is 2.19. The van der Waals surface area contributed by atoms with E-state index >= 15 is 0 Å². The minimum atomic E-state index is -1.20. The van der Waals surface area contributed by atoms with Crippen molar-refractivity contribution in [3.63, 3.8) is 0 Å². The number of benzene rings is 2. The fourth-order valence-corrected chi connectivity index (χ4v) is 2.95. The lowest BCUT2D eigenvalue weighted by Gasteiger charge is -2.28. The number of rotatable bonds is 4. The lowest BCUT2D eigenvalue weighted by atomic mass is 10.1. The van der Waals surface area contributed by atoms with Crippen LogP contribution in [0.5, 0.6) is 5.75 Å². The van der Waals surface area contributed by atoms with Gasteiger partial charge < -0.3 is 4.74 Å². The Bertz CT molecular complexity index is 913. The van der Waals surface area contributed by atoms with Crippen LogP contribution < -0.4 is 15.0 Å². The molecule has 0 spiro atoms. The van der Waals surface area contributed by atoms with Crippen LogP contribution in [0.1, 0.15) is 0 Å². The van der Waals surface area contributed by atoms with Crippen LogP contribution in [0.2, 0.25) is 0 Å². The number of hydrogen-bond donors (Lipinski definition) is 1. The Hall–Kier alpha value is -2.75. The summed E-state index contributed by atoms with van der Waals surface area (Å²) in [5.41, 5.74) is 0.950. The Balaban J connectivity index is 1.91. The van der Waals surface area contributed by atoms with Crippen LogP contribution in [-0.2, 0) is 9.59 Å². The Morgan fingerprint density at radius 1 is 1.15 bits per heavy atom. The van der Waals surface area contributed by atoms with E-state index in [-0.39, 0.29) is 0 Å². The van der Waals surface area contributed by atoms with Crippen molar-refractivity contribution in [2.75, 3.05) is 12.0 Å². The van der Waals surface area contributed by atoms with E-state index in [4.69, 9.17) is 4.74 Å². The van der Waals surface area contributed by atoms with Crippen molar-refractivity contribution in [3.05, 3.63) is 52.1 Å². The average molecular weight is 463 g/mol. The number of carbonyl (C=O) groups excluding carboxylic acids is 3. The van der Waals surface area contributed by atoms with Crippen molar-refractivity contribution < 1.29 is 19.1 Å². The van der Waals surface area contributed by atoms with Crippen LogP contribution in [0, 0.1) is 9.49 Å². The smallest absolute Gasteiger partial charge is 0.335 e. The zero-order valence-electron chi connectivity index (χ0n) is 13.7. The molecule has 8 heteroatoms. The van der Waals surface area contributed by atoms with Gasteiger partial charge in [-0.2, -0.15) is 0 Å². The Kier molecular flexibility index (Phi) is 5.31. The largest absolute Gasteiger partial charge is 0.497 e. The van der Waals surface area contributed by atoms with E-state index < -0.39 is 23.8 Å². The first-order valence-corrected chi connectivity index (χ1v) is 8.70. The highest BCUT2D eigenvalue weighted by Gasteiger charge is 2.40. The minimum absolute atomic E-state index is 0.312. The molecular weight excluding hydrogens is 449 g/mol. The molecule has 0 saturated carbocycles. The van der Waals surface area contributed by atoms with Gasteiger partial charge in [0.05, 0.1) is 18.5 Å². The number of anilines is 1. The fraction of sp³-hybridized carbons (Fsp3) is 0.111. The molecule has 1 fully saturated rings. The van der Waals surface area contributed by atoms with E-state index in [1.807, 2.05) is 18.2 Å². The third-order valence-electron chi connectivity index (χ3n) is 3.73. The molecule has 4 amide bonds. The summed E-state index contributed by atoms with van der Waals surface area (Å²) in [4.78, 5) is 42.2. The SMILES string of the molecule is COc1cccc(N2C(=O)NC(=O)[C@@H](C=Nc3ccccc3I)C2=O)c1. The number of ether oxygens (including phenoxy) is 1. The molecule has 7 nitrogen and oxygen atoms in total. The van der Waals surface area contributed by atoms with Gasteiger partial charge in [-0.25, -0.2) is 9.69 Å². The first-order chi connectivity index (χ1) is 12.5. The number of para-hydroxylation sites is 1. The molecule has 0 aliphatic carbocycles. The highest BCUT2D eigenvalue weighted by Crippen LogP contribution is 2.25. The zero-order valence-corrected chi connectivity index (χ0v) is 15.8. The number of amides is 4. The van der Waals surface area contributed by atoms with Gasteiger partial charge in [0, 0.05) is 15.9 Å². The van der Waals surface area contributed by atoms with Crippen molar-refractivity contribution in [1.82, 2.24) is 5.32 Å². The second-order valence-electron chi connectivity index (χ2n) is 5.38. The quantitative estimate of drug-likeness (QED) is 0.429. The predicted molar refractivity (Wildman–Crippen MR) is 105 cm³/mol. The Morgan fingerprint density at radius 3 is 2.65 bits per heavy atom. The molecule has 1 atom stereocenters. The van der Waals surface area contributed by atoms with Gasteiger partial charge in [-0.3, -0.25) is 19.9 Å². The molecule has 2 aromatic rings. The average Bonchev–Trinajstić information content (AvgIpc) is 2.63. The van der Waals surface area contributed by atoms with Crippen LogP contribution in [-0.4, -0.2) is 31.2 Å². The minimum Gasteiger partial charge on any atom is -0.497 e. The molecule has 132 valence electrons. The monoisotopic (exact) mass is 463 g/mol. The van der Waals surface area contributed by atoms with Crippen LogP contribution in [0.3, 0.4) is 0 Å². The van der Waals surface area contributed by atoms with Gasteiger partial charge in [-0.15, -0.1) is 0 Å². The normalized spacial score (nSPS) is 17.5. The molecule has 1 N–H and O–H groups in total. The number of hydrogen-bond acceptors (Lipinski definition) is 5. The molecule has 0 aromatic heterocycles. The van der Waals surface area contributed by atoms with Gasteiger partial charge >= 0.3 is 6.03 Å². The van der Waals surface area contributed by atoms with E-state index in [2.05, 4.69) is 32.9 Å². The lowest BCUT2D eigenvalue weighted by molar-refractivity contribution is -0.131. The second kappa shape index (κ2) is 7.65. The van der Waals surface area contributed by atoms with Crippen molar-refractivity contribution in [3.8, 4) is 5.75 Å². The predicted octanol–water partition coefficient (Wildman–Crippen LogP) is 2.90. The molecule has 3 rings (SSSR count). The molecule has 2 aromatic carbocycles. The molecule has 0 bridgehead atoms. The van der Waals surface area contributed by atoms with Gasteiger partial charge in [0.25, 0.3) is 5.91 Å². The summed E-state index contributed by atoms with van der Waals surface area (Å²) in [7, 11) is 1.48. The Morgan fingerprint density at radius 2 is 1.92 bits per heavy atom. The third kappa shape index (κ3) is 3.59. The summed E-state index contributed by atoms with van der Waals surface area (Å²) in [6.45, 7) is 0. The second-order valence-corrected chi connectivity index (χ2v) is 6.54.